The molecule has 2 fully saturated rings. The molecule has 0 bridgehead atoms. The van der Waals surface area contributed by atoms with Crippen LogP contribution in [0.25, 0.3) is 0 Å². The molecule has 1 saturated carbocycles. The molecular formula is C22H37N3O4. The number of nitrogens with zero attached hydrogens (tertiary/aromatic N) is 2. The van der Waals surface area contributed by atoms with Crippen LogP contribution in [0.2, 0.25) is 0 Å². The number of carboxylic acid groups (broad SMARTS) is 1. The number of likely N-dealkylation sites (tertiary alicyclic amines) is 1. The number of piperidine rings is 1. The first kappa shape index (κ1) is 23.4. The second-order valence-corrected chi connectivity index (χ2v) is 10.2. The quantitative estimate of drug-likeness (QED) is 0.630. The van der Waals surface area contributed by atoms with Crippen molar-refractivity contribution in [3.8, 4) is 0 Å². The molecule has 0 aromatic heterocycles. The molecule has 7 heteroatoms. The minimum absolute atomic E-state index is 0.0303. The van der Waals surface area contributed by atoms with Gasteiger partial charge in [-0.1, -0.05) is 40.7 Å². The number of aliphatic carboxylic acids is 1. The molecule has 1 aliphatic carbocycles. The van der Waals surface area contributed by atoms with Gasteiger partial charge < -0.3 is 15.3 Å². The van der Waals surface area contributed by atoms with Crippen molar-refractivity contribution in [1.29, 1.82) is 0 Å². The fourth-order valence-corrected chi connectivity index (χ4v) is 4.38. The van der Waals surface area contributed by atoms with Crippen LogP contribution in [0, 0.1) is 23.2 Å². The molecule has 4 unspecified atom stereocenters. The fourth-order valence-electron chi connectivity index (χ4n) is 4.38. The van der Waals surface area contributed by atoms with Crippen molar-refractivity contribution >= 4 is 17.8 Å². The third-order valence-electron chi connectivity index (χ3n) is 6.28. The Morgan fingerprint density at radius 2 is 1.83 bits per heavy atom. The van der Waals surface area contributed by atoms with Gasteiger partial charge in [0.15, 0.2) is 0 Å². The van der Waals surface area contributed by atoms with E-state index in [0.29, 0.717) is 11.8 Å². The predicted octanol–water partition coefficient (Wildman–Crippen LogP) is 1.98. The van der Waals surface area contributed by atoms with Crippen LogP contribution in [-0.2, 0) is 14.4 Å². The van der Waals surface area contributed by atoms with E-state index in [1.165, 1.54) is 6.92 Å². The van der Waals surface area contributed by atoms with E-state index < -0.39 is 17.4 Å². The fraction of sp³-hybridized carbons (Fsp3) is 0.773. The highest BCUT2D eigenvalue weighted by atomic mass is 16.4. The SMILES string of the molecule is C/C(=C\[C@H](C(C)C)N(C)C(=O)C(NC(=O)C1C2CC2CN1C)C(C)(C)C)C(=O)O. The number of carbonyl (C=O) groups is 3. The molecule has 0 radical (unpaired) electrons. The summed E-state index contributed by atoms with van der Waals surface area (Å²) < 4.78 is 0. The van der Waals surface area contributed by atoms with E-state index in [1.807, 2.05) is 41.7 Å². The second kappa shape index (κ2) is 8.46. The summed E-state index contributed by atoms with van der Waals surface area (Å²) >= 11 is 0. The third-order valence-corrected chi connectivity index (χ3v) is 6.28. The van der Waals surface area contributed by atoms with Crippen molar-refractivity contribution in [3.63, 3.8) is 0 Å². The zero-order valence-corrected chi connectivity index (χ0v) is 19.0. The summed E-state index contributed by atoms with van der Waals surface area (Å²) in [4.78, 5) is 41.4. The maximum absolute atomic E-state index is 13.4. The molecule has 2 rings (SSSR count). The molecule has 29 heavy (non-hydrogen) atoms. The van der Waals surface area contributed by atoms with Gasteiger partial charge in [-0.15, -0.1) is 0 Å². The summed E-state index contributed by atoms with van der Waals surface area (Å²) in [5.74, 6) is -0.248. The molecule has 1 heterocycles. The number of carboxylic acids is 1. The van der Waals surface area contributed by atoms with E-state index in [4.69, 9.17) is 0 Å². The zero-order valence-electron chi connectivity index (χ0n) is 19.0. The highest BCUT2D eigenvalue weighted by Crippen LogP contribution is 2.49. The van der Waals surface area contributed by atoms with Crippen LogP contribution in [0.4, 0.5) is 0 Å². The van der Waals surface area contributed by atoms with E-state index in [9.17, 15) is 19.5 Å². The largest absolute Gasteiger partial charge is 0.478 e. The topological polar surface area (TPSA) is 90.0 Å². The summed E-state index contributed by atoms with van der Waals surface area (Å²) in [7, 11) is 3.65. The average molecular weight is 408 g/mol. The normalized spacial score (nSPS) is 26.7. The molecule has 2 aliphatic rings. The number of nitrogens with one attached hydrogen (secondary N) is 1. The van der Waals surface area contributed by atoms with Crippen LogP contribution in [0.3, 0.4) is 0 Å². The first-order valence-corrected chi connectivity index (χ1v) is 10.4. The average Bonchev–Trinajstić information content (AvgIpc) is 3.25. The van der Waals surface area contributed by atoms with Gasteiger partial charge >= 0.3 is 5.97 Å². The van der Waals surface area contributed by atoms with Gasteiger partial charge in [-0.2, -0.15) is 0 Å². The molecule has 0 aromatic carbocycles. The van der Waals surface area contributed by atoms with Crippen molar-refractivity contribution in [2.75, 3.05) is 20.6 Å². The smallest absolute Gasteiger partial charge is 0.331 e. The Kier molecular flexibility index (Phi) is 6.82. The lowest BCUT2D eigenvalue weighted by Crippen LogP contribution is -2.59. The standard InChI is InChI=1S/C22H37N3O4/c1-12(2)16(9-13(3)21(28)29)25(8)20(27)18(22(4,5)6)23-19(26)17-15-10-14(15)11-24(17)7/h9,12,14-18H,10-11H2,1-8H3,(H,23,26)(H,28,29)/b13-9+/t14?,15?,16-,17?,18?/m1/s1. The van der Waals surface area contributed by atoms with Gasteiger partial charge in [-0.3, -0.25) is 14.5 Å². The van der Waals surface area contributed by atoms with Gasteiger partial charge in [-0.05, 0) is 43.6 Å². The Bertz CT molecular complexity index is 693. The number of carbonyl (C=O) groups excluding carboxylic acids is 2. The van der Waals surface area contributed by atoms with Crippen LogP contribution in [0.1, 0.15) is 48.0 Å². The Labute approximate surface area is 174 Å². The van der Waals surface area contributed by atoms with Crippen molar-refractivity contribution in [3.05, 3.63) is 11.6 Å². The molecule has 0 spiro atoms. The maximum atomic E-state index is 13.4. The minimum Gasteiger partial charge on any atom is -0.478 e. The molecule has 5 atom stereocenters. The molecule has 0 aromatic rings. The molecule has 7 nitrogen and oxygen atoms in total. The summed E-state index contributed by atoms with van der Waals surface area (Å²) in [6.07, 6.45) is 2.71. The molecule has 2 amide bonds. The van der Waals surface area contributed by atoms with Crippen LogP contribution < -0.4 is 5.32 Å². The van der Waals surface area contributed by atoms with Crippen LogP contribution in [0.5, 0.6) is 0 Å². The van der Waals surface area contributed by atoms with Crippen LogP contribution in [0.15, 0.2) is 11.6 Å². The summed E-state index contributed by atoms with van der Waals surface area (Å²) in [6.45, 7) is 12.2. The highest BCUT2D eigenvalue weighted by molar-refractivity contribution is 5.91. The number of likely N-dealkylation sites (N-methyl/N-ethyl adjacent to an activating group) is 2. The van der Waals surface area contributed by atoms with Gasteiger partial charge in [0, 0.05) is 19.2 Å². The van der Waals surface area contributed by atoms with E-state index in [2.05, 4.69) is 10.2 Å². The highest BCUT2D eigenvalue weighted by Gasteiger charge is 2.54. The maximum Gasteiger partial charge on any atom is 0.331 e. The lowest BCUT2D eigenvalue weighted by Gasteiger charge is -2.38. The molecule has 164 valence electrons. The summed E-state index contributed by atoms with van der Waals surface area (Å²) in [5, 5.41) is 12.3. The number of fused-ring (bicyclic) bond motifs is 1. The number of rotatable bonds is 7. The van der Waals surface area contributed by atoms with Crippen molar-refractivity contribution in [2.24, 2.45) is 23.2 Å². The van der Waals surface area contributed by atoms with Crippen molar-refractivity contribution in [2.45, 2.75) is 66.1 Å². The van der Waals surface area contributed by atoms with E-state index in [-0.39, 0.29) is 35.4 Å². The molecular weight excluding hydrogens is 370 g/mol. The number of hydrogen-bond acceptors (Lipinski definition) is 4. The van der Waals surface area contributed by atoms with Crippen molar-refractivity contribution in [1.82, 2.24) is 15.1 Å². The minimum atomic E-state index is -1.000. The summed E-state index contributed by atoms with van der Waals surface area (Å²) in [6, 6.07) is -1.23. The lowest BCUT2D eigenvalue weighted by atomic mass is 9.84. The van der Waals surface area contributed by atoms with Gasteiger partial charge in [0.2, 0.25) is 11.8 Å². The predicted molar refractivity (Wildman–Crippen MR) is 112 cm³/mol. The van der Waals surface area contributed by atoms with Gasteiger partial charge in [-0.25, -0.2) is 4.79 Å². The van der Waals surface area contributed by atoms with Crippen LogP contribution >= 0.6 is 0 Å². The van der Waals surface area contributed by atoms with E-state index in [1.54, 1.807) is 18.0 Å². The second-order valence-electron chi connectivity index (χ2n) is 10.2. The lowest BCUT2D eigenvalue weighted by molar-refractivity contribution is -0.141. The van der Waals surface area contributed by atoms with Gasteiger partial charge in [0.05, 0.1) is 12.1 Å². The molecule has 1 aliphatic heterocycles. The molecule has 2 N–H and O–H groups in total. The third kappa shape index (κ3) is 5.18. The Morgan fingerprint density at radius 3 is 2.24 bits per heavy atom. The number of hydrogen-bond donors (Lipinski definition) is 2. The Morgan fingerprint density at radius 1 is 1.24 bits per heavy atom. The van der Waals surface area contributed by atoms with Gasteiger partial charge in [0.1, 0.15) is 6.04 Å². The monoisotopic (exact) mass is 407 g/mol. The molecule has 1 saturated heterocycles. The first-order chi connectivity index (χ1) is 13.3. The Balaban J connectivity index is 2.22. The number of amides is 2. The van der Waals surface area contributed by atoms with E-state index >= 15 is 0 Å². The van der Waals surface area contributed by atoms with Crippen LogP contribution in [-0.4, -0.2) is 71.5 Å². The first-order valence-electron chi connectivity index (χ1n) is 10.4. The zero-order chi connectivity index (χ0) is 22.3. The van der Waals surface area contributed by atoms with Gasteiger partial charge in [0.25, 0.3) is 0 Å². The Hall–Kier alpha value is -1.89. The van der Waals surface area contributed by atoms with Crippen molar-refractivity contribution < 1.29 is 19.5 Å². The van der Waals surface area contributed by atoms with E-state index in [0.717, 1.165) is 13.0 Å². The summed E-state index contributed by atoms with van der Waals surface area (Å²) in [5.41, 5.74) is -0.277.